The summed E-state index contributed by atoms with van der Waals surface area (Å²) in [5.41, 5.74) is 0.410. The van der Waals surface area contributed by atoms with Crippen LogP contribution in [0.15, 0.2) is 35.2 Å². The van der Waals surface area contributed by atoms with Gasteiger partial charge in [0.25, 0.3) is 10.0 Å². The van der Waals surface area contributed by atoms with Crippen molar-refractivity contribution in [2.24, 2.45) is 0 Å². The second-order valence-electron chi connectivity index (χ2n) is 5.10. The molecular formula is C17H19Cl2NO5S. The molecule has 9 heteroatoms. The van der Waals surface area contributed by atoms with Gasteiger partial charge in [-0.15, -0.1) is 0 Å². The van der Waals surface area contributed by atoms with Crippen molar-refractivity contribution in [2.45, 2.75) is 11.8 Å². The Labute approximate surface area is 163 Å². The molecule has 0 amide bonds. The number of hydrogen-bond donors (Lipinski definition) is 0. The molecule has 0 heterocycles. The standard InChI is InChI=1S/C17H19Cl2NO5S/c1-5-20(11-6-7-12(23-2)14(10-11)25-4)26(21,22)15-9-8-13(24-3)16(18)17(15)19/h6-10H,5H2,1-4H3. The number of rotatable bonds is 7. The van der Waals surface area contributed by atoms with E-state index in [2.05, 4.69) is 0 Å². The van der Waals surface area contributed by atoms with Crippen molar-refractivity contribution in [1.82, 2.24) is 0 Å². The van der Waals surface area contributed by atoms with E-state index in [1.807, 2.05) is 0 Å². The molecule has 0 aromatic heterocycles. The van der Waals surface area contributed by atoms with Crippen LogP contribution in [0.25, 0.3) is 0 Å². The highest BCUT2D eigenvalue weighted by Gasteiger charge is 2.28. The zero-order chi connectivity index (χ0) is 19.5. The van der Waals surface area contributed by atoms with Crippen LogP contribution in [0.3, 0.4) is 0 Å². The van der Waals surface area contributed by atoms with Gasteiger partial charge in [-0.05, 0) is 31.2 Å². The molecule has 0 aliphatic rings. The van der Waals surface area contributed by atoms with Crippen LogP contribution < -0.4 is 18.5 Å². The van der Waals surface area contributed by atoms with Crippen molar-refractivity contribution in [3.63, 3.8) is 0 Å². The Kier molecular flexibility index (Phi) is 6.49. The van der Waals surface area contributed by atoms with Gasteiger partial charge >= 0.3 is 0 Å². The molecule has 6 nitrogen and oxygen atoms in total. The molecule has 26 heavy (non-hydrogen) atoms. The number of sulfonamides is 1. The molecule has 2 aromatic carbocycles. The molecule has 0 unspecified atom stereocenters. The van der Waals surface area contributed by atoms with E-state index in [0.717, 1.165) is 0 Å². The van der Waals surface area contributed by atoms with Gasteiger partial charge in [-0.3, -0.25) is 4.31 Å². The Bertz CT molecular complexity index is 902. The number of methoxy groups -OCH3 is 3. The fourth-order valence-corrected chi connectivity index (χ4v) is 4.74. The van der Waals surface area contributed by atoms with E-state index in [9.17, 15) is 8.42 Å². The molecule has 2 aromatic rings. The number of anilines is 1. The molecule has 0 saturated heterocycles. The molecular weight excluding hydrogens is 401 g/mol. The zero-order valence-corrected chi connectivity index (χ0v) is 17.1. The van der Waals surface area contributed by atoms with Crippen LogP contribution in [0.5, 0.6) is 17.2 Å². The molecule has 0 aliphatic carbocycles. The number of benzene rings is 2. The molecule has 0 saturated carbocycles. The van der Waals surface area contributed by atoms with E-state index in [4.69, 9.17) is 37.4 Å². The highest BCUT2D eigenvalue weighted by atomic mass is 35.5. The van der Waals surface area contributed by atoms with Crippen LogP contribution in [0.1, 0.15) is 6.92 Å². The molecule has 142 valence electrons. The Morgan fingerprint density at radius 2 is 1.46 bits per heavy atom. The predicted octanol–water partition coefficient (Wildman–Crippen LogP) is 4.23. The molecule has 0 radical (unpaired) electrons. The normalized spacial score (nSPS) is 11.2. The van der Waals surface area contributed by atoms with Crippen LogP contribution in [0.2, 0.25) is 10.0 Å². The Morgan fingerprint density at radius 3 is 2.00 bits per heavy atom. The van der Waals surface area contributed by atoms with Crippen LogP contribution in [-0.2, 0) is 10.0 Å². The summed E-state index contributed by atoms with van der Waals surface area (Å²) in [4.78, 5) is -0.110. The summed E-state index contributed by atoms with van der Waals surface area (Å²) in [6.45, 7) is 1.89. The monoisotopic (exact) mass is 419 g/mol. The molecule has 0 aliphatic heterocycles. The van der Waals surface area contributed by atoms with Crippen LogP contribution >= 0.6 is 23.2 Å². The lowest BCUT2D eigenvalue weighted by molar-refractivity contribution is 0.355. The first kappa shape index (κ1) is 20.5. The molecule has 0 N–H and O–H groups in total. The van der Waals surface area contributed by atoms with Gasteiger partial charge in [0.2, 0.25) is 0 Å². The smallest absolute Gasteiger partial charge is 0.265 e. The zero-order valence-electron chi connectivity index (χ0n) is 14.7. The van der Waals surface area contributed by atoms with Crippen LogP contribution in [0.4, 0.5) is 5.69 Å². The summed E-state index contributed by atoms with van der Waals surface area (Å²) in [6.07, 6.45) is 0. The minimum absolute atomic E-state index is 0.0404. The van der Waals surface area contributed by atoms with Gasteiger partial charge in [-0.1, -0.05) is 23.2 Å². The largest absolute Gasteiger partial charge is 0.495 e. The van der Waals surface area contributed by atoms with E-state index < -0.39 is 10.0 Å². The van der Waals surface area contributed by atoms with E-state index in [-0.39, 0.29) is 21.5 Å². The average Bonchev–Trinajstić information content (AvgIpc) is 2.63. The highest BCUT2D eigenvalue weighted by molar-refractivity contribution is 7.93. The molecule has 0 bridgehead atoms. The van der Waals surface area contributed by atoms with Gasteiger partial charge in [-0.2, -0.15) is 0 Å². The SMILES string of the molecule is CCN(c1ccc(OC)c(OC)c1)S(=O)(=O)c1ccc(OC)c(Cl)c1Cl. The lowest BCUT2D eigenvalue weighted by atomic mass is 10.2. The fraction of sp³-hybridized carbons (Fsp3) is 0.294. The van der Waals surface area contributed by atoms with Crippen molar-refractivity contribution in [1.29, 1.82) is 0 Å². The third-order valence-electron chi connectivity index (χ3n) is 3.74. The third-order valence-corrected chi connectivity index (χ3v) is 6.66. The number of hydrogen-bond acceptors (Lipinski definition) is 5. The van der Waals surface area contributed by atoms with E-state index >= 15 is 0 Å². The van der Waals surface area contributed by atoms with Crippen molar-refractivity contribution < 1.29 is 22.6 Å². The summed E-state index contributed by atoms with van der Waals surface area (Å²) in [5, 5.41) is -0.0523. The summed E-state index contributed by atoms with van der Waals surface area (Å²) >= 11 is 12.3. The first-order chi connectivity index (χ1) is 12.3. The summed E-state index contributed by atoms with van der Waals surface area (Å²) < 4.78 is 43.0. The number of ether oxygens (including phenoxy) is 3. The maximum atomic E-state index is 13.2. The van der Waals surface area contributed by atoms with Crippen molar-refractivity contribution in [3.8, 4) is 17.2 Å². The maximum Gasteiger partial charge on any atom is 0.265 e. The van der Waals surface area contributed by atoms with E-state index in [1.54, 1.807) is 25.1 Å². The third kappa shape index (κ3) is 3.65. The Hall–Kier alpha value is -1.83. The first-order valence-corrected chi connectivity index (χ1v) is 9.78. The lowest BCUT2D eigenvalue weighted by Crippen LogP contribution is -2.31. The summed E-state index contributed by atoms with van der Waals surface area (Å²) in [7, 11) is 0.446. The molecule has 2 rings (SSSR count). The minimum atomic E-state index is -3.96. The van der Waals surface area contributed by atoms with Crippen molar-refractivity contribution in [3.05, 3.63) is 40.4 Å². The Balaban J connectivity index is 2.58. The van der Waals surface area contributed by atoms with Crippen molar-refractivity contribution in [2.75, 3.05) is 32.2 Å². The highest BCUT2D eigenvalue weighted by Crippen LogP contribution is 2.39. The van der Waals surface area contributed by atoms with E-state index in [0.29, 0.717) is 22.9 Å². The van der Waals surface area contributed by atoms with Crippen LogP contribution in [0, 0.1) is 0 Å². The van der Waals surface area contributed by atoms with Gasteiger partial charge in [0.15, 0.2) is 11.5 Å². The Morgan fingerprint density at radius 1 is 0.885 bits per heavy atom. The summed E-state index contributed by atoms with van der Waals surface area (Å²) in [6, 6.07) is 7.67. The molecule has 0 fully saturated rings. The van der Waals surface area contributed by atoms with Gasteiger partial charge in [-0.25, -0.2) is 8.42 Å². The quantitative estimate of drug-likeness (QED) is 0.671. The molecule has 0 spiro atoms. The minimum Gasteiger partial charge on any atom is -0.495 e. The lowest BCUT2D eigenvalue weighted by Gasteiger charge is -2.24. The van der Waals surface area contributed by atoms with Gasteiger partial charge in [0.05, 0.1) is 32.0 Å². The second-order valence-corrected chi connectivity index (χ2v) is 7.69. The van der Waals surface area contributed by atoms with E-state index in [1.165, 1.54) is 37.8 Å². The predicted molar refractivity (Wildman–Crippen MR) is 103 cm³/mol. The second kappa shape index (κ2) is 8.24. The fourth-order valence-electron chi connectivity index (χ4n) is 2.46. The van der Waals surface area contributed by atoms with Gasteiger partial charge < -0.3 is 14.2 Å². The van der Waals surface area contributed by atoms with Gasteiger partial charge in [0.1, 0.15) is 15.7 Å². The van der Waals surface area contributed by atoms with Gasteiger partial charge in [0, 0.05) is 12.6 Å². The number of nitrogens with zero attached hydrogens (tertiary/aromatic N) is 1. The number of halogens is 2. The van der Waals surface area contributed by atoms with Crippen LogP contribution in [-0.4, -0.2) is 36.3 Å². The molecule has 0 atom stereocenters. The topological polar surface area (TPSA) is 65.1 Å². The van der Waals surface area contributed by atoms with Crippen molar-refractivity contribution >= 4 is 38.9 Å². The average molecular weight is 420 g/mol. The maximum absolute atomic E-state index is 13.2. The first-order valence-electron chi connectivity index (χ1n) is 7.58. The summed E-state index contributed by atoms with van der Waals surface area (Å²) in [5.74, 6) is 1.21.